The Morgan fingerprint density at radius 1 is 1.19 bits per heavy atom. The van der Waals surface area contributed by atoms with Crippen LogP contribution in [0.25, 0.3) is 0 Å². The standard InChI is InChI=1S/C20H16FN3O2S/c21-16-7-3-1-5-13(16)12-24-9-10-27-20(24)23-18(25)11-15-14-6-2-4-8-17(14)22-19(15)26/h1-10,15H,11-12H2,(H,22,26)/t15-/m0/s1. The van der Waals surface area contributed by atoms with E-state index in [2.05, 4.69) is 10.3 Å². The van der Waals surface area contributed by atoms with Crippen molar-refractivity contribution in [1.82, 2.24) is 4.57 Å². The number of aromatic nitrogens is 1. The summed E-state index contributed by atoms with van der Waals surface area (Å²) in [4.78, 5) is 29.3. The normalized spacial score (nSPS) is 16.3. The lowest BCUT2D eigenvalue weighted by atomic mass is 9.97. The maximum atomic E-state index is 13.9. The molecule has 2 heterocycles. The molecule has 0 spiro atoms. The van der Waals surface area contributed by atoms with Crippen molar-refractivity contribution in [1.29, 1.82) is 0 Å². The molecule has 2 amide bonds. The van der Waals surface area contributed by atoms with Gasteiger partial charge in [-0.1, -0.05) is 36.4 Å². The molecular formula is C20H16FN3O2S. The first-order valence-electron chi connectivity index (χ1n) is 8.46. The number of rotatable bonds is 4. The van der Waals surface area contributed by atoms with Crippen molar-refractivity contribution in [2.75, 3.05) is 5.32 Å². The molecule has 27 heavy (non-hydrogen) atoms. The summed E-state index contributed by atoms with van der Waals surface area (Å²) in [6.45, 7) is 0.287. The molecule has 1 atom stereocenters. The maximum absolute atomic E-state index is 13.9. The van der Waals surface area contributed by atoms with E-state index in [1.807, 2.05) is 24.3 Å². The van der Waals surface area contributed by atoms with Gasteiger partial charge in [0, 0.05) is 29.2 Å². The number of fused-ring (bicyclic) bond motifs is 1. The number of benzene rings is 2. The van der Waals surface area contributed by atoms with E-state index in [0.717, 1.165) is 11.3 Å². The minimum absolute atomic E-state index is 0.000441. The van der Waals surface area contributed by atoms with Crippen molar-refractivity contribution in [3.8, 4) is 0 Å². The number of amides is 2. The van der Waals surface area contributed by atoms with Gasteiger partial charge in [-0.05, 0) is 17.7 Å². The molecule has 0 aliphatic carbocycles. The van der Waals surface area contributed by atoms with Gasteiger partial charge in [0.2, 0.25) is 11.8 Å². The van der Waals surface area contributed by atoms with Crippen molar-refractivity contribution < 1.29 is 14.0 Å². The Bertz CT molecular complexity index is 1090. The SMILES string of the molecule is O=C(C[C@@H]1C(=O)Nc2ccccc21)N=c1sccn1Cc1ccccc1F. The number of nitrogens with one attached hydrogen (secondary N) is 1. The molecule has 136 valence electrons. The quantitative estimate of drug-likeness (QED) is 0.754. The van der Waals surface area contributed by atoms with Crippen LogP contribution < -0.4 is 10.1 Å². The smallest absolute Gasteiger partial charge is 0.249 e. The highest BCUT2D eigenvalue weighted by molar-refractivity contribution is 7.07. The highest BCUT2D eigenvalue weighted by atomic mass is 32.1. The third-order valence-corrected chi connectivity index (χ3v) is 5.26. The zero-order valence-electron chi connectivity index (χ0n) is 14.3. The number of hydrogen-bond donors (Lipinski definition) is 1. The van der Waals surface area contributed by atoms with Crippen LogP contribution in [0.4, 0.5) is 10.1 Å². The third-order valence-electron chi connectivity index (χ3n) is 4.47. The second-order valence-electron chi connectivity index (χ2n) is 6.24. The number of nitrogens with zero attached hydrogens (tertiary/aromatic N) is 2. The van der Waals surface area contributed by atoms with Gasteiger partial charge in [0.1, 0.15) is 5.82 Å². The van der Waals surface area contributed by atoms with Crippen LogP contribution in [-0.2, 0) is 16.1 Å². The van der Waals surface area contributed by atoms with E-state index in [-0.39, 0.29) is 30.6 Å². The molecule has 0 saturated carbocycles. The van der Waals surface area contributed by atoms with Gasteiger partial charge in [-0.25, -0.2) is 4.39 Å². The van der Waals surface area contributed by atoms with Gasteiger partial charge in [0.25, 0.3) is 0 Å². The van der Waals surface area contributed by atoms with Crippen LogP contribution in [0.15, 0.2) is 65.1 Å². The van der Waals surface area contributed by atoms with Gasteiger partial charge in [0.05, 0.1) is 12.5 Å². The largest absolute Gasteiger partial charge is 0.325 e. The minimum atomic E-state index is -0.530. The average molecular weight is 381 g/mol. The van der Waals surface area contributed by atoms with Crippen molar-refractivity contribution in [3.63, 3.8) is 0 Å². The first-order valence-corrected chi connectivity index (χ1v) is 9.34. The molecule has 4 rings (SSSR count). The third kappa shape index (κ3) is 3.59. The molecule has 0 bridgehead atoms. The fourth-order valence-corrected chi connectivity index (χ4v) is 3.87. The molecule has 1 N–H and O–H groups in total. The Morgan fingerprint density at radius 2 is 1.96 bits per heavy atom. The predicted molar refractivity (Wildman–Crippen MR) is 101 cm³/mol. The van der Waals surface area contributed by atoms with Gasteiger partial charge in [-0.15, -0.1) is 11.3 Å². The van der Waals surface area contributed by atoms with E-state index in [1.54, 1.807) is 34.3 Å². The van der Waals surface area contributed by atoms with Gasteiger partial charge in [0.15, 0.2) is 4.80 Å². The summed E-state index contributed by atoms with van der Waals surface area (Å²) in [6.07, 6.45) is 1.77. The zero-order chi connectivity index (χ0) is 18.8. The molecule has 1 aliphatic heterocycles. The Labute approximate surface area is 158 Å². The van der Waals surface area contributed by atoms with E-state index in [0.29, 0.717) is 10.4 Å². The molecular weight excluding hydrogens is 365 g/mol. The molecule has 3 aromatic rings. The van der Waals surface area contributed by atoms with Crippen molar-refractivity contribution in [3.05, 3.63) is 81.9 Å². The van der Waals surface area contributed by atoms with E-state index < -0.39 is 5.92 Å². The molecule has 7 heteroatoms. The maximum Gasteiger partial charge on any atom is 0.249 e. The van der Waals surface area contributed by atoms with E-state index in [9.17, 15) is 14.0 Å². The summed E-state index contributed by atoms with van der Waals surface area (Å²) in [5.74, 6) is -1.40. The number of para-hydroxylation sites is 1. The van der Waals surface area contributed by atoms with Crippen LogP contribution in [0.5, 0.6) is 0 Å². The summed E-state index contributed by atoms with van der Waals surface area (Å²) >= 11 is 1.30. The monoisotopic (exact) mass is 381 g/mol. The summed E-state index contributed by atoms with van der Waals surface area (Å²) in [5.41, 5.74) is 2.08. The van der Waals surface area contributed by atoms with Gasteiger partial charge < -0.3 is 9.88 Å². The number of carbonyl (C=O) groups is 2. The topological polar surface area (TPSA) is 63.5 Å². The highest BCUT2D eigenvalue weighted by Crippen LogP contribution is 2.34. The lowest BCUT2D eigenvalue weighted by molar-refractivity contribution is -0.123. The first-order chi connectivity index (χ1) is 13.1. The molecule has 0 unspecified atom stereocenters. The lowest BCUT2D eigenvalue weighted by Gasteiger charge is -2.06. The lowest BCUT2D eigenvalue weighted by Crippen LogP contribution is -2.20. The summed E-state index contributed by atoms with van der Waals surface area (Å²) in [7, 11) is 0. The molecule has 0 fully saturated rings. The van der Waals surface area contributed by atoms with E-state index in [4.69, 9.17) is 0 Å². The Hall–Kier alpha value is -3.06. The van der Waals surface area contributed by atoms with E-state index >= 15 is 0 Å². The van der Waals surface area contributed by atoms with Crippen molar-refractivity contribution in [2.24, 2.45) is 4.99 Å². The number of anilines is 1. The van der Waals surface area contributed by atoms with Crippen molar-refractivity contribution in [2.45, 2.75) is 18.9 Å². The fraction of sp³-hybridized carbons (Fsp3) is 0.150. The molecule has 0 saturated heterocycles. The Balaban J connectivity index is 1.55. The van der Waals surface area contributed by atoms with Crippen LogP contribution in [0.1, 0.15) is 23.5 Å². The number of carbonyl (C=O) groups excluding carboxylic acids is 2. The minimum Gasteiger partial charge on any atom is -0.325 e. The van der Waals surface area contributed by atoms with Gasteiger partial charge in [-0.3, -0.25) is 9.59 Å². The number of hydrogen-bond acceptors (Lipinski definition) is 3. The van der Waals surface area contributed by atoms with Crippen LogP contribution in [0.2, 0.25) is 0 Å². The Kier molecular flexibility index (Phi) is 4.68. The molecule has 0 radical (unpaired) electrons. The first kappa shape index (κ1) is 17.4. The molecule has 2 aromatic carbocycles. The molecule has 5 nitrogen and oxygen atoms in total. The number of halogens is 1. The summed E-state index contributed by atoms with van der Waals surface area (Å²) in [6, 6.07) is 13.8. The van der Waals surface area contributed by atoms with Crippen LogP contribution in [0.3, 0.4) is 0 Å². The highest BCUT2D eigenvalue weighted by Gasteiger charge is 2.31. The number of thiazole rings is 1. The van der Waals surface area contributed by atoms with Crippen LogP contribution in [-0.4, -0.2) is 16.4 Å². The average Bonchev–Trinajstić information content (AvgIpc) is 3.21. The van der Waals surface area contributed by atoms with Gasteiger partial charge >= 0.3 is 0 Å². The van der Waals surface area contributed by atoms with Crippen molar-refractivity contribution >= 4 is 28.8 Å². The second-order valence-corrected chi connectivity index (χ2v) is 7.12. The fourth-order valence-electron chi connectivity index (χ4n) is 3.12. The molecule has 1 aromatic heterocycles. The summed E-state index contributed by atoms with van der Waals surface area (Å²) in [5, 5.41) is 4.58. The predicted octanol–water partition coefficient (Wildman–Crippen LogP) is 3.29. The molecule has 1 aliphatic rings. The van der Waals surface area contributed by atoms with Gasteiger partial charge in [-0.2, -0.15) is 4.99 Å². The Morgan fingerprint density at radius 3 is 2.81 bits per heavy atom. The summed E-state index contributed by atoms with van der Waals surface area (Å²) < 4.78 is 15.6. The van der Waals surface area contributed by atoms with Crippen LogP contribution >= 0.6 is 11.3 Å². The second kappa shape index (κ2) is 7.28. The van der Waals surface area contributed by atoms with Crippen LogP contribution in [0, 0.1) is 5.82 Å². The zero-order valence-corrected chi connectivity index (χ0v) is 15.1. The van der Waals surface area contributed by atoms with E-state index in [1.165, 1.54) is 17.4 Å².